The van der Waals surface area contributed by atoms with Crippen LogP contribution in [0, 0.1) is 0 Å². The van der Waals surface area contributed by atoms with Crippen LogP contribution >= 0.6 is 24.0 Å². The van der Waals surface area contributed by atoms with Gasteiger partial charge in [-0.15, -0.1) is 12.4 Å². The van der Waals surface area contributed by atoms with Crippen LogP contribution in [0.3, 0.4) is 0 Å². The number of nitrogens with one attached hydrogen (secondary N) is 1. The van der Waals surface area contributed by atoms with Crippen LogP contribution in [0.25, 0.3) is 0 Å². The highest BCUT2D eigenvalue weighted by atomic mass is 35.5. The van der Waals surface area contributed by atoms with Crippen LogP contribution < -0.4 is 10.1 Å². The van der Waals surface area contributed by atoms with Crippen LogP contribution in [0.1, 0.15) is 43.9 Å². The maximum absolute atomic E-state index is 6.13. The average molecular weight is 354 g/mol. The first-order chi connectivity index (χ1) is 10.7. The van der Waals surface area contributed by atoms with Crippen LogP contribution in [0.4, 0.5) is 0 Å². The Bertz CT molecular complexity index is 575. The van der Waals surface area contributed by atoms with E-state index in [1.165, 1.54) is 5.56 Å². The minimum Gasteiger partial charge on any atom is -0.494 e. The highest BCUT2D eigenvalue weighted by Gasteiger charge is 2.11. The maximum Gasteiger partial charge on any atom is 0.123 e. The first-order valence-electron chi connectivity index (χ1n) is 7.94. The lowest BCUT2D eigenvalue weighted by Crippen LogP contribution is -2.21. The number of hydrogen-bond donors (Lipinski definition) is 1. The summed E-state index contributed by atoms with van der Waals surface area (Å²) in [7, 11) is 0. The molecular weight excluding hydrogens is 329 g/mol. The van der Waals surface area contributed by atoms with E-state index in [-0.39, 0.29) is 12.4 Å². The molecule has 0 spiro atoms. The second kappa shape index (κ2) is 10.5. The summed E-state index contributed by atoms with van der Waals surface area (Å²) in [5, 5.41) is 4.38. The van der Waals surface area contributed by atoms with E-state index >= 15 is 0 Å². The Morgan fingerprint density at radius 3 is 2.48 bits per heavy atom. The van der Waals surface area contributed by atoms with Gasteiger partial charge in [-0.3, -0.25) is 0 Å². The van der Waals surface area contributed by atoms with Crippen LogP contribution in [-0.4, -0.2) is 6.61 Å². The van der Waals surface area contributed by atoms with E-state index in [2.05, 4.69) is 42.6 Å². The minimum atomic E-state index is 0. The molecule has 0 aliphatic carbocycles. The quantitative estimate of drug-likeness (QED) is 0.648. The van der Waals surface area contributed by atoms with Crippen molar-refractivity contribution in [2.45, 2.75) is 39.3 Å². The van der Waals surface area contributed by atoms with Crippen LogP contribution in [-0.2, 0) is 6.54 Å². The Labute approximate surface area is 150 Å². The van der Waals surface area contributed by atoms with Crippen molar-refractivity contribution in [2.75, 3.05) is 6.61 Å². The highest BCUT2D eigenvalue weighted by molar-refractivity contribution is 6.30. The first kappa shape index (κ1) is 19.8. The molecule has 4 heteroatoms. The standard InChI is InChI=1S/C19H24ClNO.ClH/c1-3-8-18(15-9-6-5-7-10-15)21-14-16-13-17(20)11-12-19(16)22-4-2;/h5-7,9-13,18,21H,3-4,8,14H2,1-2H3;1H. The van der Waals surface area contributed by atoms with Gasteiger partial charge in [-0.05, 0) is 37.1 Å². The van der Waals surface area contributed by atoms with Gasteiger partial charge in [0.1, 0.15) is 5.75 Å². The van der Waals surface area contributed by atoms with E-state index < -0.39 is 0 Å². The molecule has 0 radical (unpaired) electrons. The van der Waals surface area contributed by atoms with Crippen molar-refractivity contribution in [3.8, 4) is 5.75 Å². The van der Waals surface area contributed by atoms with Gasteiger partial charge in [-0.2, -0.15) is 0 Å². The second-order valence-electron chi connectivity index (χ2n) is 5.32. The average Bonchev–Trinajstić information content (AvgIpc) is 2.54. The van der Waals surface area contributed by atoms with Crippen LogP contribution in [0.15, 0.2) is 48.5 Å². The van der Waals surface area contributed by atoms with Crippen molar-refractivity contribution in [3.05, 3.63) is 64.7 Å². The predicted octanol–water partition coefficient (Wildman–Crippen LogP) is 5.79. The van der Waals surface area contributed by atoms with Crippen molar-refractivity contribution in [1.29, 1.82) is 0 Å². The minimum absolute atomic E-state index is 0. The smallest absolute Gasteiger partial charge is 0.123 e. The number of ether oxygens (including phenoxy) is 1. The summed E-state index contributed by atoms with van der Waals surface area (Å²) < 4.78 is 5.69. The Balaban J connectivity index is 0.00000264. The number of benzene rings is 2. The summed E-state index contributed by atoms with van der Waals surface area (Å²) in [6.45, 7) is 5.61. The summed E-state index contributed by atoms with van der Waals surface area (Å²) in [6, 6.07) is 16.7. The lowest BCUT2D eigenvalue weighted by molar-refractivity contribution is 0.334. The summed E-state index contributed by atoms with van der Waals surface area (Å²) in [5.74, 6) is 0.905. The largest absolute Gasteiger partial charge is 0.494 e. The predicted molar refractivity (Wildman–Crippen MR) is 101 cm³/mol. The molecule has 2 aromatic rings. The van der Waals surface area contributed by atoms with Gasteiger partial charge < -0.3 is 10.1 Å². The molecule has 2 aromatic carbocycles. The Morgan fingerprint density at radius 2 is 1.83 bits per heavy atom. The molecule has 0 aliphatic rings. The Hall–Kier alpha value is -1.22. The molecule has 1 N–H and O–H groups in total. The molecule has 0 bridgehead atoms. The SMILES string of the molecule is CCCC(NCc1cc(Cl)ccc1OCC)c1ccccc1.Cl. The zero-order valence-electron chi connectivity index (χ0n) is 13.7. The van der Waals surface area contributed by atoms with Crippen molar-refractivity contribution in [2.24, 2.45) is 0 Å². The van der Waals surface area contributed by atoms with E-state index in [9.17, 15) is 0 Å². The molecule has 0 fully saturated rings. The zero-order chi connectivity index (χ0) is 15.8. The molecule has 0 heterocycles. The summed E-state index contributed by atoms with van der Waals surface area (Å²) in [4.78, 5) is 0. The number of halogens is 2. The third-order valence-electron chi connectivity index (χ3n) is 3.64. The van der Waals surface area contributed by atoms with Gasteiger partial charge in [0, 0.05) is 23.2 Å². The van der Waals surface area contributed by atoms with Gasteiger partial charge in [0.05, 0.1) is 6.61 Å². The molecule has 23 heavy (non-hydrogen) atoms. The van der Waals surface area contributed by atoms with Gasteiger partial charge in [-0.25, -0.2) is 0 Å². The molecule has 0 amide bonds. The fourth-order valence-corrected chi connectivity index (χ4v) is 2.77. The summed E-state index contributed by atoms with van der Waals surface area (Å²) in [6.07, 6.45) is 2.25. The third-order valence-corrected chi connectivity index (χ3v) is 3.88. The van der Waals surface area contributed by atoms with Crippen LogP contribution in [0.5, 0.6) is 5.75 Å². The van der Waals surface area contributed by atoms with Gasteiger partial charge in [0.15, 0.2) is 0 Å². The van der Waals surface area contributed by atoms with E-state index in [1.807, 2.05) is 25.1 Å². The van der Waals surface area contributed by atoms with E-state index in [1.54, 1.807) is 0 Å². The summed E-state index contributed by atoms with van der Waals surface area (Å²) in [5.41, 5.74) is 2.43. The van der Waals surface area contributed by atoms with Crippen molar-refractivity contribution >= 4 is 24.0 Å². The molecule has 0 saturated carbocycles. The Kier molecular flexibility index (Phi) is 9.08. The molecule has 1 unspecified atom stereocenters. The van der Waals surface area contributed by atoms with Gasteiger partial charge in [0.25, 0.3) is 0 Å². The Morgan fingerprint density at radius 1 is 1.09 bits per heavy atom. The van der Waals surface area contributed by atoms with Gasteiger partial charge in [-0.1, -0.05) is 55.3 Å². The molecule has 0 aromatic heterocycles. The summed E-state index contributed by atoms with van der Waals surface area (Å²) >= 11 is 6.13. The molecule has 2 rings (SSSR count). The van der Waals surface area contributed by atoms with E-state index in [4.69, 9.17) is 16.3 Å². The monoisotopic (exact) mass is 353 g/mol. The highest BCUT2D eigenvalue weighted by Crippen LogP contribution is 2.25. The molecule has 1 atom stereocenters. The molecule has 0 saturated heterocycles. The lowest BCUT2D eigenvalue weighted by Gasteiger charge is -2.20. The molecule has 0 aliphatic heterocycles. The lowest BCUT2D eigenvalue weighted by atomic mass is 10.0. The van der Waals surface area contributed by atoms with Gasteiger partial charge >= 0.3 is 0 Å². The van der Waals surface area contributed by atoms with Crippen molar-refractivity contribution < 1.29 is 4.74 Å². The fraction of sp³-hybridized carbons (Fsp3) is 0.368. The molecule has 126 valence electrons. The fourth-order valence-electron chi connectivity index (χ4n) is 2.58. The normalized spacial score (nSPS) is 11.6. The number of hydrogen-bond acceptors (Lipinski definition) is 2. The van der Waals surface area contributed by atoms with E-state index in [0.717, 1.165) is 35.7 Å². The molecular formula is C19H25Cl2NO. The van der Waals surface area contributed by atoms with E-state index in [0.29, 0.717) is 12.6 Å². The first-order valence-corrected chi connectivity index (χ1v) is 8.32. The second-order valence-corrected chi connectivity index (χ2v) is 5.75. The third kappa shape index (κ3) is 6.06. The van der Waals surface area contributed by atoms with Gasteiger partial charge in [0.2, 0.25) is 0 Å². The molecule has 2 nitrogen and oxygen atoms in total. The topological polar surface area (TPSA) is 21.3 Å². The maximum atomic E-state index is 6.13. The number of rotatable bonds is 8. The van der Waals surface area contributed by atoms with Crippen LogP contribution in [0.2, 0.25) is 5.02 Å². The zero-order valence-corrected chi connectivity index (χ0v) is 15.3. The van der Waals surface area contributed by atoms with Crippen molar-refractivity contribution in [1.82, 2.24) is 5.32 Å². The van der Waals surface area contributed by atoms with Crippen molar-refractivity contribution in [3.63, 3.8) is 0 Å².